The molecule has 0 amide bonds. The summed E-state index contributed by atoms with van der Waals surface area (Å²) in [5.41, 5.74) is 12.6. The van der Waals surface area contributed by atoms with Crippen LogP contribution in [0.5, 0.6) is 0 Å². The van der Waals surface area contributed by atoms with Gasteiger partial charge in [0.1, 0.15) is 0 Å². The molecule has 0 nitrogen and oxygen atoms in total. The second kappa shape index (κ2) is 10.4. The van der Waals surface area contributed by atoms with Crippen LogP contribution in [-0.2, 0) is 0 Å². The van der Waals surface area contributed by atoms with Gasteiger partial charge in [0.05, 0.1) is 8.80 Å². The summed E-state index contributed by atoms with van der Waals surface area (Å²) in [6.07, 6.45) is 23.3. The molecule has 0 radical (unpaired) electrons. The van der Waals surface area contributed by atoms with E-state index in [1.165, 1.54) is 44.6 Å². The molecule has 0 bridgehead atoms. The van der Waals surface area contributed by atoms with Crippen molar-refractivity contribution in [1.29, 1.82) is 0 Å². The number of benzene rings is 2. The molecule has 4 aliphatic rings. The summed E-state index contributed by atoms with van der Waals surface area (Å²) in [6, 6.07) is 16.7. The van der Waals surface area contributed by atoms with Crippen molar-refractivity contribution in [2.45, 2.75) is 43.3 Å². The van der Waals surface area contributed by atoms with Gasteiger partial charge in [0.2, 0.25) is 0 Å². The predicted octanol–water partition coefficient (Wildman–Crippen LogP) is 10.2. The van der Waals surface area contributed by atoms with Crippen LogP contribution in [0.2, 0.25) is 27.7 Å². The maximum absolute atomic E-state index is 6.22. The van der Waals surface area contributed by atoms with E-state index in [0.717, 1.165) is 10.0 Å². The molecule has 0 spiro atoms. The standard InChI is InChI=1S/C35H32Cl2Si/c1-22-20-32-28(24-12-16-26(36)17-13-24)8-4-6-10-30(32)34(22)38(3)35-23(2)21-33-29(9-5-7-11-31(33)35)25-14-18-27(37)19-15-25/h4-21,28-29,34-35,38H,1-3H3. The second-order valence-electron chi connectivity index (χ2n) is 11.0. The van der Waals surface area contributed by atoms with Gasteiger partial charge in [-0.25, -0.2) is 0 Å². The Labute approximate surface area is 238 Å². The van der Waals surface area contributed by atoms with Crippen LogP contribution in [0.25, 0.3) is 0 Å². The van der Waals surface area contributed by atoms with Gasteiger partial charge in [-0.05, 0) is 82.6 Å². The summed E-state index contributed by atoms with van der Waals surface area (Å²) in [5, 5.41) is 1.57. The molecule has 2 aromatic rings. The Morgan fingerprint density at radius 1 is 0.553 bits per heavy atom. The molecule has 3 heteroatoms. The zero-order valence-corrected chi connectivity index (χ0v) is 24.7. The molecule has 0 saturated carbocycles. The van der Waals surface area contributed by atoms with Crippen LogP contribution in [0.15, 0.2) is 143 Å². The van der Waals surface area contributed by atoms with Crippen molar-refractivity contribution in [1.82, 2.24) is 0 Å². The summed E-state index contributed by atoms with van der Waals surface area (Å²) in [7, 11) is -1.36. The van der Waals surface area contributed by atoms with Crippen molar-refractivity contribution in [3.63, 3.8) is 0 Å². The highest BCUT2D eigenvalue weighted by atomic mass is 35.5. The Kier molecular flexibility index (Phi) is 6.95. The van der Waals surface area contributed by atoms with Crippen molar-refractivity contribution < 1.29 is 0 Å². The Hall–Kier alpha value is -2.84. The third-order valence-corrected chi connectivity index (χ3v) is 13.0. The molecule has 4 atom stereocenters. The maximum atomic E-state index is 6.22. The van der Waals surface area contributed by atoms with Crippen LogP contribution in [0.1, 0.15) is 36.8 Å². The Morgan fingerprint density at radius 2 is 0.947 bits per heavy atom. The van der Waals surface area contributed by atoms with Gasteiger partial charge in [-0.2, -0.15) is 0 Å². The second-order valence-corrected chi connectivity index (χ2v) is 14.9. The van der Waals surface area contributed by atoms with E-state index < -0.39 is 8.80 Å². The van der Waals surface area contributed by atoms with Gasteiger partial charge in [0, 0.05) is 21.9 Å². The Morgan fingerprint density at radius 3 is 1.34 bits per heavy atom. The molecule has 0 saturated heterocycles. The number of hydrogen-bond acceptors (Lipinski definition) is 0. The minimum absolute atomic E-state index is 0.254. The van der Waals surface area contributed by atoms with Crippen LogP contribution in [0.4, 0.5) is 0 Å². The molecular weight excluding hydrogens is 519 g/mol. The molecule has 6 rings (SSSR count). The van der Waals surface area contributed by atoms with Gasteiger partial charge in [-0.1, -0.05) is 126 Å². The first-order valence-corrected chi connectivity index (χ1v) is 16.7. The van der Waals surface area contributed by atoms with Gasteiger partial charge in [-0.3, -0.25) is 0 Å². The van der Waals surface area contributed by atoms with Gasteiger partial charge < -0.3 is 0 Å². The van der Waals surface area contributed by atoms with Gasteiger partial charge in [0.25, 0.3) is 0 Å². The fourth-order valence-corrected chi connectivity index (χ4v) is 11.2. The monoisotopic (exact) mass is 550 g/mol. The molecule has 0 heterocycles. The summed E-state index contributed by atoms with van der Waals surface area (Å²) in [6.45, 7) is 7.29. The molecule has 0 aromatic heterocycles. The molecule has 0 N–H and O–H groups in total. The highest BCUT2D eigenvalue weighted by Crippen LogP contribution is 2.53. The van der Waals surface area contributed by atoms with Crippen LogP contribution >= 0.6 is 23.2 Å². The average molecular weight is 552 g/mol. The minimum Gasteiger partial charge on any atom is -0.0843 e. The quantitative estimate of drug-likeness (QED) is 0.332. The summed E-state index contributed by atoms with van der Waals surface area (Å²) in [4.78, 5) is 0. The zero-order chi connectivity index (χ0) is 26.4. The SMILES string of the molecule is CC1=CC2=C(C=CC=CC2c2ccc(Cl)cc2)C1[SiH](C)C1C(C)=CC2=C1C=CC=CC2c1ccc(Cl)cc1. The number of halogens is 2. The lowest BCUT2D eigenvalue weighted by atomic mass is 9.89. The van der Waals surface area contributed by atoms with E-state index in [9.17, 15) is 0 Å². The molecule has 2 aromatic carbocycles. The molecule has 190 valence electrons. The molecular formula is C35H32Cl2Si. The largest absolute Gasteiger partial charge is 0.0843 e. The Bertz CT molecular complexity index is 1390. The summed E-state index contributed by atoms with van der Waals surface area (Å²) < 4.78 is 0. The van der Waals surface area contributed by atoms with E-state index in [1.807, 2.05) is 24.3 Å². The number of hydrogen-bond donors (Lipinski definition) is 0. The number of allylic oxidation sites excluding steroid dienone is 16. The maximum Gasteiger partial charge on any atom is 0.0598 e. The summed E-state index contributed by atoms with van der Waals surface area (Å²) in [5.74, 6) is 0.509. The van der Waals surface area contributed by atoms with Gasteiger partial charge in [-0.15, -0.1) is 0 Å². The lowest BCUT2D eigenvalue weighted by molar-refractivity contribution is 0.998. The number of rotatable bonds is 4. The fourth-order valence-electron chi connectivity index (χ4n) is 7.01. The van der Waals surface area contributed by atoms with Gasteiger partial charge in [0.15, 0.2) is 0 Å². The highest BCUT2D eigenvalue weighted by molar-refractivity contribution is 6.64. The lowest BCUT2D eigenvalue weighted by Crippen LogP contribution is -2.25. The molecule has 4 aliphatic carbocycles. The lowest BCUT2D eigenvalue weighted by Gasteiger charge is -2.30. The van der Waals surface area contributed by atoms with Crippen molar-refractivity contribution in [3.05, 3.63) is 164 Å². The van der Waals surface area contributed by atoms with Crippen LogP contribution in [0, 0.1) is 0 Å². The third kappa shape index (κ3) is 4.51. The van der Waals surface area contributed by atoms with E-state index in [-0.39, 0.29) is 11.8 Å². The van der Waals surface area contributed by atoms with E-state index >= 15 is 0 Å². The average Bonchev–Trinajstić information content (AvgIpc) is 3.21. The van der Waals surface area contributed by atoms with E-state index in [2.05, 4.69) is 105 Å². The third-order valence-electron chi connectivity index (χ3n) is 8.65. The van der Waals surface area contributed by atoms with Crippen molar-refractivity contribution >= 4 is 32.0 Å². The molecule has 0 aliphatic heterocycles. The topological polar surface area (TPSA) is 0 Å². The van der Waals surface area contributed by atoms with E-state index in [0.29, 0.717) is 11.1 Å². The smallest absolute Gasteiger partial charge is 0.0598 e. The molecule has 4 unspecified atom stereocenters. The van der Waals surface area contributed by atoms with Crippen molar-refractivity contribution in [2.24, 2.45) is 0 Å². The van der Waals surface area contributed by atoms with Crippen molar-refractivity contribution in [2.75, 3.05) is 0 Å². The van der Waals surface area contributed by atoms with E-state index in [1.54, 1.807) is 0 Å². The first kappa shape index (κ1) is 25.4. The molecule has 0 fully saturated rings. The summed E-state index contributed by atoms with van der Waals surface area (Å²) >= 11 is 12.4. The predicted molar refractivity (Wildman–Crippen MR) is 167 cm³/mol. The van der Waals surface area contributed by atoms with E-state index in [4.69, 9.17) is 23.2 Å². The molecule has 38 heavy (non-hydrogen) atoms. The minimum atomic E-state index is -1.36. The first-order chi connectivity index (χ1) is 18.4. The van der Waals surface area contributed by atoms with Crippen LogP contribution in [-0.4, -0.2) is 8.80 Å². The fraction of sp³-hybridized carbons (Fsp3) is 0.200. The van der Waals surface area contributed by atoms with Crippen LogP contribution < -0.4 is 0 Å². The normalized spacial score (nSPS) is 26.7. The first-order valence-electron chi connectivity index (χ1n) is 13.5. The Balaban J connectivity index is 1.38. The van der Waals surface area contributed by atoms with Crippen LogP contribution in [0.3, 0.4) is 0 Å². The highest BCUT2D eigenvalue weighted by Gasteiger charge is 2.40. The van der Waals surface area contributed by atoms with Gasteiger partial charge >= 0.3 is 0 Å². The van der Waals surface area contributed by atoms with Crippen molar-refractivity contribution in [3.8, 4) is 0 Å². The zero-order valence-electron chi connectivity index (χ0n) is 22.0.